The van der Waals surface area contributed by atoms with E-state index in [2.05, 4.69) is 5.32 Å². The second-order valence-corrected chi connectivity index (χ2v) is 17.5. The van der Waals surface area contributed by atoms with Gasteiger partial charge in [-0.05, 0) is 13.8 Å². The number of carbonyl (C=O) groups is 1. The summed E-state index contributed by atoms with van der Waals surface area (Å²) in [6, 6.07) is -3.34. The zero-order valence-corrected chi connectivity index (χ0v) is 36.8. The van der Waals surface area contributed by atoms with Crippen LogP contribution in [0.2, 0.25) is 0 Å². The largest absolute Gasteiger partial charge is 0.394 e. The van der Waals surface area contributed by atoms with Crippen LogP contribution in [0.25, 0.3) is 0 Å². The van der Waals surface area contributed by atoms with Gasteiger partial charge in [-0.1, -0.05) is 0 Å². The molecule has 0 aromatic rings. The number of nitrogens with two attached hydrogens (primary N) is 1. The van der Waals surface area contributed by atoms with Gasteiger partial charge in [0.1, 0.15) is 128 Å². The van der Waals surface area contributed by atoms with E-state index >= 15 is 0 Å². The van der Waals surface area contributed by atoms with Crippen molar-refractivity contribution in [1.29, 1.82) is 0 Å². The molecule has 6 aliphatic heterocycles. The smallest absolute Gasteiger partial charge is 0.217 e. The molecule has 6 heterocycles. The highest BCUT2D eigenvalue weighted by molar-refractivity contribution is 5.73. The van der Waals surface area contributed by atoms with Gasteiger partial charge >= 0.3 is 0 Å². The number of nitrogens with one attached hydrogen (secondary N) is 1. The van der Waals surface area contributed by atoms with Crippen LogP contribution in [0.5, 0.6) is 0 Å². The zero-order valence-electron chi connectivity index (χ0n) is 36.8. The van der Waals surface area contributed by atoms with Crippen LogP contribution < -0.4 is 11.1 Å². The normalized spacial score (nSPS) is 52.6. The van der Waals surface area contributed by atoms with Crippen molar-refractivity contribution in [3.05, 3.63) is 0 Å². The van der Waals surface area contributed by atoms with Crippen LogP contribution in [0.15, 0.2) is 0 Å². The van der Waals surface area contributed by atoms with E-state index in [0.717, 1.165) is 6.92 Å². The van der Waals surface area contributed by atoms with Crippen molar-refractivity contribution in [3.8, 4) is 0 Å². The summed E-state index contributed by atoms with van der Waals surface area (Å²) < 4.78 is 64.2. The molecule has 0 unspecified atom stereocenters. The molecule has 6 fully saturated rings. The van der Waals surface area contributed by atoms with Crippen molar-refractivity contribution in [1.82, 2.24) is 5.32 Å². The van der Waals surface area contributed by atoms with E-state index in [9.17, 15) is 86.5 Å². The SMILES string of the molecule is CC(=O)N[C@H]1[C@H](O[C@H]2[C@@H](O)[C@@H](CO)O[C@@H](O[C@H]3[C@H](O)[C@@H](N)[C@H](O)O[C@@H]3CO)[C@@H]2O)O[C@H](CO)[C@@H](O[C@@H]2O[C@@H](C)[C@@H](O)[C@@H](O)[C@@H]2O)[C@@H]1O[C@@H]1O[C@H](CO)[C@H](O)[C@H](O)[C@H]1O[C@@H]1O[C@@H](C)[C@@H](O)[C@@H](O)[C@@H]1O. The van der Waals surface area contributed by atoms with Gasteiger partial charge < -0.3 is 145 Å². The molecular weight excluding hydrogens is 932 g/mol. The zero-order chi connectivity index (χ0) is 50.2. The molecule has 30 atom stereocenters. The Morgan fingerprint density at radius 1 is 0.426 bits per heavy atom. The predicted octanol–water partition coefficient (Wildman–Crippen LogP) is -11.9. The minimum absolute atomic E-state index is 0.854. The van der Waals surface area contributed by atoms with Crippen LogP contribution in [-0.2, 0) is 56.9 Å². The Balaban J connectivity index is 1.39. The monoisotopic (exact) mass is 998 g/mol. The Kier molecular flexibility index (Phi) is 19.2. The summed E-state index contributed by atoms with van der Waals surface area (Å²) in [5.74, 6) is -0.883. The van der Waals surface area contributed by atoms with E-state index < -0.39 is 216 Å². The molecule has 0 aliphatic carbocycles. The van der Waals surface area contributed by atoms with Crippen LogP contribution >= 0.6 is 0 Å². The molecule has 0 aromatic carbocycles. The number of hydrogen-bond donors (Lipinski definition) is 18. The quantitative estimate of drug-likeness (QED) is 0.0724. The number of aliphatic hydroxyl groups excluding tert-OH is 16. The molecule has 6 saturated heterocycles. The van der Waals surface area contributed by atoms with Gasteiger partial charge in [0.25, 0.3) is 0 Å². The molecule has 1 amide bonds. The van der Waals surface area contributed by atoms with Crippen LogP contribution in [0, 0.1) is 0 Å². The first-order chi connectivity index (χ1) is 32.1. The van der Waals surface area contributed by atoms with Gasteiger partial charge in [-0.25, -0.2) is 0 Å². The fourth-order valence-electron chi connectivity index (χ4n) is 8.81. The number of amides is 1. The predicted molar refractivity (Wildman–Crippen MR) is 210 cm³/mol. The Morgan fingerprint density at radius 3 is 1.38 bits per heavy atom. The maximum absolute atomic E-state index is 13.1. The maximum Gasteiger partial charge on any atom is 0.217 e. The Labute approximate surface area is 386 Å². The molecule has 0 radical (unpaired) electrons. The minimum atomic E-state index is -2.15. The number of aliphatic hydroxyl groups is 16. The highest BCUT2D eigenvalue weighted by Gasteiger charge is 2.59. The lowest BCUT2D eigenvalue weighted by Gasteiger charge is -2.52. The average Bonchev–Trinajstić information content (AvgIpc) is 3.31. The first-order valence-electron chi connectivity index (χ1n) is 21.9. The van der Waals surface area contributed by atoms with Crippen molar-refractivity contribution < 1.29 is 139 Å². The summed E-state index contributed by atoms with van der Waals surface area (Å²) in [7, 11) is 0. The van der Waals surface area contributed by atoms with Gasteiger partial charge in [-0.15, -0.1) is 0 Å². The fraction of sp³-hybridized carbons (Fsp3) is 0.974. The third-order valence-corrected chi connectivity index (χ3v) is 12.8. The minimum Gasteiger partial charge on any atom is -0.394 e. The summed E-state index contributed by atoms with van der Waals surface area (Å²) in [4.78, 5) is 13.1. The van der Waals surface area contributed by atoms with Gasteiger partial charge in [-0.2, -0.15) is 0 Å². The third-order valence-electron chi connectivity index (χ3n) is 12.8. The van der Waals surface area contributed by atoms with E-state index in [1.165, 1.54) is 13.8 Å². The van der Waals surface area contributed by atoms with Crippen molar-refractivity contribution >= 4 is 5.91 Å². The lowest BCUT2D eigenvalue weighted by molar-refractivity contribution is -0.399. The standard InChI is InChI=1S/C38H66N2O28/c1-8-17(46)22(51)25(54)35(58-8)65-29-14(7-44)63-34(67-31-20(49)12(5-42)61-37(27(31)56)64-28-13(6-43)60-33(57)15(39)21(28)50)16(40-10(3)45)30(29)66-38-32(24(53)19(48)11(4-41)62-38)68-36-26(55)23(52)18(47)9(2)59-36/h8-9,11-38,41-44,46-57H,4-7,39H2,1-3H3,(H,40,45)/t8-,9-,11+,12+,13+,14+,15+,16+,17+,18+,19-,20-,21+,22+,23+,24-,25-,26-,27+,28+,29+,30+,31-,32+,33+,34-,35-,36-,37-,38-/m0/s1. The summed E-state index contributed by atoms with van der Waals surface area (Å²) in [5, 5.41) is 174. The van der Waals surface area contributed by atoms with Gasteiger partial charge in [-0.3, -0.25) is 4.79 Å². The van der Waals surface area contributed by atoms with Crippen molar-refractivity contribution in [2.24, 2.45) is 5.73 Å². The average molecular weight is 999 g/mol. The van der Waals surface area contributed by atoms with Crippen molar-refractivity contribution in [2.45, 2.75) is 205 Å². The molecule has 6 aliphatic rings. The van der Waals surface area contributed by atoms with Crippen LogP contribution in [-0.4, -0.2) is 298 Å². The van der Waals surface area contributed by atoms with E-state index in [1.807, 2.05) is 0 Å². The third kappa shape index (κ3) is 11.4. The van der Waals surface area contributed by atoms with Crippen LogP contribution in [0.1, 0.15) is 20.8 Å². The van der Waals surface area contributed by atoms with Crippen molar-refractivity contribution in [3.63, 3.8) is 0 Å². The molecule has 6 rings (SSSR count). The fourth-order valence-corrected chi connectivity index (χ4v) is 8.81. The first kappa shape index (κ1) is 55.7. The molecule has 0 saturated carbocycles. The summed E-state index contributed by atoms with van der Waals surface area (Å²) in [6.07, 6.45) is -51.0. The molecule has 396 valence electrons. The van der Waals surface area contributed by atoms with Gasteiger partial charge in [0.05, 0.1) is 44.7 Å². The van der Waals surface area contributed by atoms with E-state index in [-0.39, 0.29) is 0 Å². The highest BCUT2D eigenvalue weighted by atomic mass is 16.8. The van der Waals surface area contributed by atoms with Crippen LogP contribution in [0.3, 0.4) is 0 Å². The summed E-state index contributed by atoms with van der Waals surface area (Å²) >= 11 is 0. The van der Waals surface area contributed by atoms with E-state index in [4.69, 9.17) is 57.8 Å². The Hall–Kier alpha value is -1.65. The van der Waals surface area contributed by atoms with Gasteiger partial charge in [0, 0.05) is 6.92 Å². The molecule has 0 bridgehead atoms. The molecule has 0 spiro atoms. The number of rotatable bonds is 15. The Bertz CT molecular complexity index is 1600. The lowest BCUT2D eigenvalue weighted by atomic mass is 9.93. The van der Waals surface area contributed by atoms with E-state index in [0.29, 0.717) is 0 Å². The lowest BCUT2D eigenvalue weighted by Crippen LogP contribution is -2.71. The topological polar surface area (TPSA) is 480 Å². The van der Waals surface area contributed by atoms with Gasteiger partial charge in [0.15, 0.2) is 37.7 Å². The first-order valence-corrected chi connectivity index (χ1v) is 21.9. The number of ether oxygens (including phenoxy) is 11. The molecule has 30 heteroatoms. The van der Waals surface area contributed by atoms with Crippen molar-refractivity contribution in [2.75, 3.05) is 26.4 Å². The molecule has 30 nitrogen and oxygen atoms in total. The maximum atomic E-state index is 13.1. The molecule has 19 N–H and O–H groups in total. The Morgan fingerprint density at radius 2 is 0.853 bits per heavy atom. The second kappa shape index (κ2) is 23.5. The number of hydrogen-bond acceptors (Lipinski definition) is 29. The van der Waals surface area contributed by atoms with Gasteiger partial charge in [0.2, 0.25) is 5.91 Å². The highest BCUT2D eigenvalue weighted by Crippen LogP contribution is 2.38. The summed E-state index contributed by atoms with van der Waals surface area (Å²) in [6.45, 7) is -0.236. The van der Waals surface area contributed by atoms with Crippen LogP contribution in [0.4, 0.5) is 0 Å². The molecule has 0 aromatic heterocycles. The number of carbonyl (C=O) groups excluding carboxylic acids is 1. The molecular formula is C38H66N2O28. The van der Waals surface area contributed by atoms with E-state index in [1.54, 1.807) is 0 Å². The second-order valence-electron chi connectivity index (χ2n) is 17.5. The summed E-state index contributed by atoms with van der Waals surface area (Å²) in [5.41, 5.74) is 5.84. The molecule has 68 heavy (non-hydrogen) atoms.